The summed E-state index contributed by atoms with van der Waals surface area (Å²) >= 11 is 6.37. The average Bonchev–Trinajstić information content (AvgIpc) is 3.50. The average molecular weight is 637 g/mol. The van der Waals surface area contributed by atoms with Crippen molar-refractivity contribution in [2.75, 3.05) is 6.54 Å². The van der Waals surface area contributed by atoms with Crippen LogP contribution in [0.1, 0.15) is 80.9 Å². The minimum atomic E-state index is -0.210. The first-order valence-electron chi connectivity index (χ1n) is 15.8. The van der Waals surface area contributed by atoms with Crippen LogP contribution in [0.5, 0.6) is 0 Å². The molecule has 0 spiro atoms. The van der Waals surface area contributed by atoms with Crippen LogP contribution in [0.2, 0.25) is 5.02 Å². The number of nitriles is 1. The molecular weight excluding hydrogens is 592 g/mol. The lowest BCUT2D eigenvalue weighted by Gasteiger charge is -2.11. The summed E-state index contributed by atoms with van der Waals surface area (Å²) in [6.07, 6.45) is 6.71. The maximum absolute atomic E-state index is 12.3. The largest absolute Gasteiger partial charge is 0.352 e. The van der Waals surface area contributed by atoms with Crippen molar-refractivity contribution in [3.8, 4) is 28.6 Å². The van der Waals surface area contributed by atoms with Crippen molar-refractivity contribution < 1.29 is 9.59 Å². The first-order valence-corrected chi connectivity index (χ1v) is 16.2. The smallest absolute Gasteiger partial charge is 0.251 e. The first kappa shape index (κ1) is 37.5. The number of aromatic nitrogens is 2. The number of carbonyl (C=O) groups is 2. The fourth-order valence-electron chi connectivity index (χ4n) is 4.71. The molecule has 240 valence electrons. The third-order valence-corrected chi connectivity index (χ3v) is 7.07. The van der Waals surface area contributed by atoms with Crippen molar-refractivity contribution in [1.82, 2.24) is 15.1 Å². The van der Waals surface area contributed by atoms with Crippen LogP contribution < -0.4 is 5.32 Å². The molecular formula is C39H45ClN4O2. The van der Waals surface area contributed by atoms with Gasteiger partial charge >= 0.3 is 0 Å². The van der Waals surface area contributed by atoms with E-state index in [1.807, 2.05) is 88.7 Å². The Labute approximate surface area is 279 Å². The number of amides is 1. The van der Waals surface area contributed by atoms with E-state index in [1.54, 1.807) is 12.1 Å². The van der Waals surface area contributed by atoms with E-state index < -0.39 is 0 Å². The van der Waals surface area contributed by atoms with Gasteiger partial charge in [0.05, 0.1) is 24.0 Å². The number of allylic oxidation sites excluding steroid dienone is 4. The van der Waals surface area contributed by atoms with E-state index in [2.05, 4.69) is 54.7 Å². The molecule has 0 fully saturated rings. The molecule has 1 aromatic heterocycles. The zero-order valence-corrected chi connectivity index (χ0v) is 28.7. The van der Waals surface area contributed by atoms with Gasteiger partial charge in [0.15, 0.2) is 0 Å². The van der Waals surface area contributed by atoms with E-state index in [9.17, 15) is 14.9 Å². The molecule has 7 heteroatoms. The number of carbonyl (C=O) groups excluding carboxylic acids is 2. The number of hydrogen-bond donors (Lipinski definition) is 1. The van der Waals surface area contributed by atoms with Crippen LogP contribution in [-0.4, -0.2) is 28.5 Å². The number of benzene rings is 3. The van der Waals surface area contributed by atoms with Crippen LogP contribution in [0, 0.1) is 18.3 Å². The Hall–Kier alpha value is -4.73. The SMILES string of the molecule is C/C=C\C(C#N)=C/C(C)c1ccc(-c2cc(-c3cc(C)cc(Cl)c3)nn2Cc2ccc(C(=O)NCCC=O)cc2)cc1.CC.CC. The lowest BCUT2D eigenvalue weighted by atomic mass is 9.96. The van der Waals surface area contributed by atoms with Gasteiger partial charge < -0.3 is 10.1 Å². The highest BCUT2D eigenvalue weighted by Gasteiger charge is 2.15. The van der Waals surface area contributed by atoms with Gasteiger partial charge in [-0.3, -0.25) is 9.48 Å². The summed E-state index contributed by atoms with van der Waals surface area (Å²) in [5.41, 5.74) is 8.02. The molecule has 1 amide bonds. The summed E-state index contributed by atoms with van der Waals surface area (Å²) in [4.78, 5) is 22.9. The molecule has 46 heavy (non-hydrogen) atoms. The highest BCUT2D eigenvalue weighted by atomic mass is 35.5. The maximum atomic E-state index is 12.3. The highest BCUT2D eigenvalue weighted by Crippen LogP contribution is 2.30. The lowest BCUT2D eigenvalue weighted by molar-refractivity contribution is -0.107. The van der Waals surface area contributed by atoms with Crippen molar-refractivity contribution >= 4 is 23.8 Å². The first-order chi connectivity index (χ1) is 22.3. The van der Waals surface area contributed by atoms with E-state index in [0.29, 0.717) is 29.2 Å². The van der Waals surface area contributed by atoms with Crippen LogP contribution in [0.25, 0.3) is 22.5 Å². The summed E-state index contributed by atoms with van der Waals surface area (Å²) in [7, 11) is 0. The van der Waals surface area contributed by atoms with Gasteiger partial charge in [0.25, 0.3) is 5.91 Å². The third kappa shape index (κ3) is 10.7. The Bertz CT molecular complexity index is 1640. The molecule has 0 saturated carbocycles. The van der Waals surface area contributed by atoms with Crippen molar-refractivity contribution in [2.24, 2.45) is 0 Å². The Balaban J connectivity index is 0.00000177. The van der Waals surface area contributed by atoms with E-state index in [1.165, 1.54) is 0 Å². The molecule has 1 N–H and O–H groups in total. The van der Waals surface area contributed by atoms with Crippen LogP contribution in [0.3, 0.4) is 0 Å². The fourth-order valence-corrected chi connectivity index (χ4v) is 5.00. The normalized spacial score (nSPS) is 11.4. The second-order valence-corrected chi connectivity index (χ2v) is 10.6. The quantitative estimate of drug-likeness (QED) is 0.0768. The summed E-state index contributed by atoms with van der Waals surface area (Å²) in [5, 5.41) is 17.8. The molecule has 4 aromatic rings. The molecule has 0 saturated heterocycles. The summed E-state index contributed by atoms with van der Waals surface area (Å²) < 4.78 is 1.96. The molecule has 0 radical (unpaired) electrons. The molecule has 1 heterocycles. The second-order valence-electron chi connectivity index (χ2n) is 10.1. The van der Waals surface area contributed by atoms with Crippen molar-refractivity contribution in [1.29, 1.82) is 5.26 Å². The summed E-state index contributed by atoms with van der Waals surface area (Å²) in [5.74, 6) is -0.132. The van der Waals surface area contributed by atoms with Crippen molar-refractivity contribution in [2.45, 2.75) is 67.3 Å². The Kier molecular flexibility index (Phi) is 16.0. The Morgan fingerprint density at radius 3 is 2.26 bits per heavy atom. The Morgan fingerprint density at radius 2 is 1.67 bits per heavy atom. The molecule has 6 nitrogen and oxygen atoms in total. The standard InChI is InChI=1S/C35H33ClN4O2.2C2H6/c1-4-6-27(22-37)19-25(3)28-11-13-29(14-12-28)34-21-33(31-17-24(2)18-32(36)20-31)39-40(34)23-26-7-9-30(10-8-26)35(42)38-15-5-16-41;2*1-2/h4,6-14,16-21,25H,5,15,23H2,1-3H3,(H,38,42);2*1-2H3/b6-4-,27-19+;;. The van der Waals surface area contributed by atoms with Gasteiger partial charge in [0.2, 0.25) is 0 Å². The minimum absolute atomic E-state index is 0.0777. The molecule has 0 aliphatic heterocycles. The van der Waals surface area contributed by atoms with E-state index in [4.69, 9.17) is 16.7 Å². The van der Waals surface area contributed by atoms with Crippen molar-refractivity contribution in [3.05, 3.63) is 124 Å². The predicted molar refractivity (Wildman–Crippen MR) is 191 cm³/mol. The van der Waals surface area contributed by atoms with Crippen molar-refractivity contribution in [3.63, 3.8) is 0 Å². The van der Waals surface area contributed by atoms with Crippen LogP contribution in [0.15, 0.2) is 96.6 Å². The van der Waals surface area contributed by atoms with E-state index >= 15 is 0 Å². The summed E-state index contributed by atoms with van der Waals surface area (Å²) in [6.45, 7) is 14.8. The molecule has 3 aromatic carbocycles. The molecule has 0 aliphatic carbocycles. The number of aryl methyl sites for hydroxylation is 1. The highest BCUT2D eigenvalue weighted by molar-refractivity contribution is 6.30. The zero-order chi connectivity index (χ0) is 34.1. The van der Waals surface area contributed by atoms with Gasteiger partial charge in [-0.05, 0) is 78.6 Å². The van der Waals surface area contributed by atoms with Gasteiger partial charge in [-0.1, -0.05) is 94.8 Å². The van der Waals surface area contributed by atoms with Gasteiger partial charge in [-0.15, -0.1) is 0 Å². The number of halogens is 1. The van der Waals surface area contributed by atoms with E-state index in [0.717, 1.165) is 45.5 Å². The van der Waals surface area contributed by atoms with Gasteiger partial charge in [0.1, 0.15) is 6.29 Å². The van der Waals surface area contributed by atoms with Gasteiger partial charge in [-0.25, -0.2) is 0 Å². The molecule has 1 atom stereocenters. The zero-order valence-electron chi connectivity index (χ0n) is 28.0. The molecule has 0 bridgehead atoms. The van der Waals surface area contributed by atoms with Crippen LogP contribution in [0.4, 0.5) is 0 Å². The van der Waals surface area contributed by atoms with Crippen LogP contribution >= 0.6 is 11.6 Å². The molecule has 1 unspecified atom stereocenters. The molecule has 4 rings (SSSR count). The van der Waals surface area contributed by atoms with Gasteiger partial charge in [-0.2, -0.15) is 10.4 Å². The topological polar surface area (TPSA) is 87.8 Å². The van der Waals surface area contributed by atoms with Crippen LogP contribution in [-0.2, 0) is 11.3 Å². The second kappa shape index (κ2) is 19.6. The van der Waals surface area contributed by atoms with Gasteiger partial charge in [0, 0.05) is 40.6 Å². The maximum Gasteiger partial charge on any atom is 0.251 e. The minimum Gasteiger partial charge on any atom is -0.352 e. The Morgan fingerprint density at radius 1 is 1.00 bits per heavy atom. The lowest BCUT2D eigenvalue weighted by Crippen LogP contribution is -2.24. The number of aldehydes is 1. The number of nitrogens with zero attached hydrogens (tertiary/aromatic N) is 3. The fraction of sp³-hybridized carbons (Fsp3) is 0.282. The monoisotopic (exact) mass is 636 g/mol. The number of rotatable bonds is 11. The number of hydrogen-bond acceptors (Lipinski definition) is 4. The molecule has 0 aliphatic rings. The predicted octanol–water partition coefficient (Wildman–Crippen LogP) is 9.73. The van der Waals surface area contributed by atoms with E-state index in [-0.39, 0.29) is 18.2 Å². The summed E-state index contributed by atoms with van der Waals surface area (Å²) in [6, 6.07) is 25.9. The third-order valence-electron chi connectivity index (χ3n) is 6.85. The number of nitrogens with one attached hydrogen (secondary N) is 1.